The zero-order chi connectivity index (χ0) is 12.1. The Kier molecular flexibility index (Phi) is 4.86. The topological polar surface area (TPSA) is 55.4 Å². The summed E-state index contributed by atoms with van der Waals surface area (Å²) < 4.78 is 5.10. The summed E-state index contributed by atoms with van der Waals surface area (Å²) in [5.41, 5.74) is -0.581. The molecule has 0 heterocycles. The van der Waals surface area contributed by atoms with Crippen LogP contribution in [-0.4, -0.2) is 23.5 Å². The minimum absolute atomic E-state index is 0.133. The zero-order valence-corrected chi connectivity index (χ0v) is 9.59. The second kappa shape index (κ2) is 5.40. The third-order valence-electron chi connectivity index (χ3n) is 1.39. The van der Waals surface area contributed by atoms with Gasteiger partial charge in [0.25, 0.3) is 0 Å². The van der Waals surface area contributed by atoms with Crippen molar-refractivity contribution < 1.29 is 14.3 Å². The summed E-state index contributed by atoms with van der Waals surface area (Å²) in [7, 11) is 0. The highest BCUT2D eigenvalue weighted by atomic mass is 16.6. The van der Waals surface area contributed by atoms with Crippen LogP contribution in [0.2, 0.25) is 0 Å². The molecule has 0 saturated carbocycles. The number of carbonyl (C=O) groups is 2. The van der Waals surface area contributed by atoms with Crippen molar-refractivity contribution in [1.29, 1.82) is 0 Å². The molecule has 0 saturated heterocycles. The van der Waals surface area contributed by atoms with Crippen molar-refractivity contribution in [2.75, 3.05) is 0 Å². The monoisotopic (exact) mass is 211 g/mol. The molecule has 0 fully saturated rings. The Hall–Kier alpha value is -1.50. The lowest BCUT2D eigenvalue weighted by Crippen LogP contribution is -2.43. The van der Waals surface area contributed by atoms with E-state index in [1.54, 1.807) is 20.8 Å². The minimum Gasteiger partial charge on any atom is -0.458 e. The van der Waals surface area contributed by atoms with E-state index < -0.39 is 17.6 Å². The highest BCUT2D eigenvalue weighted by Gasteiger charge is 2.24. The first-order chi connectivity index (χ1) is 6.76. The molecule has 1 amide bonds. The van der Waals surface area contributed by atoms with Gasteiger partial charge in [-0.3, -0.25) is 4.79 Å². The van der Waals surface area contributed by atoms with Gasteiger partial charge in [-0.2, -0.15) is 0 Å². The molecule has 1 unspecified atom stereocenters. The molecule has 4 nitrogen and oxygen atoms in total. The molecule has 4 heteroatoms. The number of hydrogen-bond donors (Lipinski definition) is 1. The van der Waals surface area contributed by atoms with Crippen LogP contribution in [0.4, 0.5) is 0 Å². The summed E-state index contributed by atoms with van der Waals surface area (Å²) in [6.07, 6.45) is 5.23. The van der Waals surface area contributed by atoms with Crippen LogP contribution in [0.5, 0.6) is 0 Å². The van der Waals surface area contributed by atoms with Crippen molar-refractivity contribution >= 4 is 11.9 Å². The predicted octanol–water partition coefficient (Wildman–Crippen LogP) is 0.856. The number of ether oxygens (including phenoxy) is 1. The highest BCUT2D eigenvalue weighted by Crippen LogP contribution is 2.09. The Balaban J connectivity index is 4.43. The molecule has 0 radical (unpaired) electrons. The van der Waals surface area contributed by atoms with Crippen LogP contribution in [0.15, 0.2) is 0 Å². The predicted molar refractivity (Wildman–Crippen MR) is 56.9 cm³/mol. The van der Waals surface area contributed by atoms with Crippen molar-refractivity contribution in [3.8, 4) is 12.3 Å². The van der Waals surface area contributed by atoms with E-state index in [1.807, 2.05) is 0 Å². The first kappa shape index (κ1) is 13.5. The number of rotatable bonds is 3. The van der Waals surface area contributed by atoms with Crippen molar-refractivity contribution in [3.05, 3.63) is 0 Å². The Morgan fingerprint density at radius 3 is 2.33 bits per heavy atom. The summed E-state index contributed by atoms with van der Waals surface area (Å²) in [5.74, 6) is 1.52. The van der Waals surface area contributed by atoms with E-state index in [4.69, 9.17) is 11.2 Å². The fourth-order valence-corrected chi connectivity index (χ4v) is 0.929. The average molecular weight is 211 g/mol. The summed E-state index contributed by atoms with van der Waals surface area (Å²) in [5, 5.41) is 2.45. The largest absolute Gasteiger partial charge is 0.458 e. The van der Waals surface area contributed by atoms with Crippen LogP contribution >= 0.6 is 0 Å². The molecule has 0 aliphatic heterocycles. The molecule has 0 aliphatic rings. The van der Waals surface area contributed by atoms with Gasteiger partial charge in [-0.25, -0.2) is 4.79 Å². The number of amides is 1. The number of nitrogens with one attached hydrogen (secondary N) is 1. The van der Waals surface area contributed by atoms with Gasteiger partial charge >= 0.3 is 5.97 Å². The third kappa shape index (κ3) is 6.55. The molecule has 0 rings (SSSR count). The molecule has 15 heavy (non-hydrogen) atoms. The van der Waals surface area contributed by atoms with Gasteiger partial charge in [0, 0.05) is 13.3 Å². The molecule has 1 N–H and O–H groups in total. The standard InChI is InChI=1S/C11H17NO3/c1-6-7-9(12-8(2)13)10(14)15-11(3,4)5/h1,9H,7H2,2-5H3,(H,12,13). The van der Waals surface area contributed by atoms with E-state index in [9.17, 15) is 9.59 Å². The molecule has 0 bridgehead atoms. The van der Waals surface area contributed by atoms with E-state index in [0.717, 1.165) is 0 Å². The van der Waals surface area contributed by atoms with Gasteiger partial charge in [0.2, 0.25) is 5.91 Å². The maximum absolute atomic E-state index is 11.6. The molecule has 0 aliphatic carbocycles. The molecule has 0 aromatic rings. The SMILES string of the molecule is C#CCC(NC(C)=O)C(=O)OC(C)(C)C. The Morgan fingerprint density at radius 2 is 2.00 bits per heavy atom. The average Bonchev–Trinajstić information content (AvgIpc) is 1.99. The molecular formula is C11H17NO3. The minimum atomic E-state index is -0.758. The van der Waals surface area contributed by atoms with Gasteiger partial charge in [-0.1, -0.05) is 0 Å². The van der Waals surface area contributed by atoms with Crippen LogP contribution in [0.3, 0.4) is 0 Å². The fourth-order valence-electron chi connectivity index (χ4n) is 0.929. The number of terminal acetylenes is 1. The van der Waals surface area contributed by atoms with Crippen molar-refractivity contribution in [1.82, 2.24) is 5.32 Å². The van der Waals surface area contributed by atoms with Gasteiger partial charge in [-0.15, -0.1) is 12.3 Å². The van der Waals surface area contributed by atoms with Gasteiger partial charge in [0.15, 0.2) is 0 Å². The van der Waals surface area contributed by atoms with E-state index in [1.165, 1.54) is 6.92 Å². The Bertz CT molecular complexity index is 283. The first-order valence-corrected chi connectivity index (χ1v) is 4.69. The number of esters is 1. The number of carbonyl (C=O) groups excluding carboxylic acids is 2. The van der Waals surface area contributed by atoms with E-state index in [0.29, 0.717) is 0 Å². The van der Waals surface area contributed by atoms with Crippen molar-refractivity contribution in [2.45, 2.75) is 45.8 Å². The van der Waals surface area contributed by atoms with Crippen LogP contribution in [-0.2, 0) is 14.3 Å². The van der Waals surface area contributed by atoms with Crippen LogP contribution < -0.4 is 5.32 Å². The van der Waals surface area contributed by atoms with Crippen LogP contribution in [0, 0.1) is 12.3 Å². The normalized spacial score (nSPS) is 12.5. The zero-order valence-electron chi connectivity index (χ0n) is 9.59. The second-order valence-electron chi connectivity index (χ2n) is 4.19. The summed E-state index contributed by atoms with van der Waals surface area (Å²) in [6, 6.07) is -0.758. The summed E-state index contributed by atoms with van der Waals surface area (Å²) in [6.45, 7) is 6.59. The van der Waals surface area contributed by atoms with E-state index in [2.05, 4.69) is 11.2 Å². The van der Waals surface area contributed by atoms with Gasteiger partial charge in [0.05, 0.1) is 0 Å². The van der Waals surface area contributed by atoms with Crippen LogP contribution in [0.25, 0.3) is 0 Å². The fraction of sp³-hybridized carbons (Fsp3) is 0.636. The lowest BCUT2D eigenvalue weighted by molar-refractivity contribution is -0.158. The first-order valence-electron chi connectivity index (χ1n) is 4.69. The van der Waals surface area contributed by atoms with E-state index >= 15 is 0 Å². The van der Waals surface area contributed by atoms with Gasteiger partial charge < -0.3 is 10.1 Å². The Morgan fingerprint density at radius 1 is 1.47 bits per heavy atom. The maximum atomic E-state index is 11.6. The summed E-state index contributed by atoms with van der Waals surface area (Å²) in [4.78, 5) is 22.4. The van der Waals surface area contributed by atoms with Crippen molar-refractivity contribution in [2.24, 2.45) is 0 Å². The van der Waals surface area contributed by atoms with Crippen molar-refractivity contribution in [3.63, 3.8) is 0 Å². The lowest BCUT2D eigenvalue weighted by atomic mass is 10.1. The number of hydrogen-bond acceptors (Lipinski definition) is 3. The highest BCUT2D eigenvalue weighted by molar-refractivity contribution is 5.83. The molecule has 1 atom stereocenters. The molecule has 0 aromatic heterocycles. The molecule has 84 valence electrons. The third-order valence-corrected chi connectivity index (χ3v) is 1.39. The molecular weight excluding hydrogens is 194 g/mol. The maximum Gasteiger partial charge on any atom is 0.330 e. The molecule has 0 spiro atoms. The summed E-state index contributed by atoms with van der Waals surface area (Å²) >= 11 is 0. The Labute approximate surface area is 90.4 Å². The van der Waals surface area contributed by atoms with Gasteiger partial charge in [0.1, 0.15) is 11.6 Å². The molecule has 0 aromatic carbocycles. The quantitative estimate of drug-likeness (QED) is 0.556. The second-order valence-corrected chi connectivity index (χ2v) is 4.19. The lowest BCUT2D eigenvalue weighted by Gasteiger charge is -2.23. The van der Waals surface area contributed by atoms with Crippen LogP contribution in [0.1, 0.15) is 34.1 Å². The van der Waals surface area contributed by atoms with Gasteiger partial charge in [-0.05, 0) is 20.8 Å². The smallest absolute Gasteiger partial charge is 0.330 e. The van der Waals surface area contributed by atoms with E-state index in [-0.39, 0.29) is 12.3 Å².